The lowest BCUT2D eigenvalue weighted by molar-refractivity contribution is -0.142. The minimum absolute atomic E-state index is 0.0798. The molecule has 4 N–H and O–H groups in total. The van der Waals surface area contributed by atoms with E-state index in [-0.39, 0.29) is 18.3 Å². The summed E-state index contributed by atoms with van der Waals surface area (Å²) < 4.78 is 5.00. The van der Waals surface area contributed by atoms with E-state index in [1.54, 1.807) is 6.08 Å². The Morgan fingerprint density at radius 3 is 2.83 bits per heavy atom. The average molecular weight is 251 g/mol. The molecule has 0 amide bonds. The highest BCUT2D eigenvalue weighted by Gasteiger charge is 2.03. The number of ether oxygens (including phenoxy) is 1. The molecule has 0 aliphatic rings. The van der Waals surface area contributed by atoms with Gasteiger partial charge in [-0.25, -0.2) is 0 Å². The molecule has 0 saturated heterocycles. The first kappa shape index (κ1) is 16.0. The Hall–Kier alpha value is -2.04. The molecule has 0 fully saturated rings. The second-order valence-electron chi connectivity index (χ2n) is 3.63. The number of nitrogens with one attached hydrogen (secondary N) is 2. The number of hydrogen-bond donors (Lipinski definition) is 3. The highest BCUT2D eigenvalue weighted by atomic mass is 16.5. The van der Waals surface area contributed by atoms with Crippen molar-refractivity contribution in [2.24, 2.45) is 5.73 Å². The number of guanidine groups is 1. The van der Waals surface area contributed by atoms with Crippen molar-refractivity contribution in [3.8, 4) is 0 Å². The van der Waals surface area contributed by atoms with Gasteiger partial charge in [-0.15, -0.1) is 0 Å². The number of hydrogen-bond acceptors (Lipinski definition) is 3. The zero-order valence-corrected chi connectivity index (χ0v) is 10.7. The number of rotatable bonds is 8. The molecule has 0 heterocycles. The third-order valence-electron chi connectivity index (χ3n) is 1.91. The lowest BCUT2D eigenvalue weighted by Crippen LogP contribution is -2.31. The number of nitrogens with two attached hydrogens (primary N) is 1. The van der Waals surface area contributed by atoms with Crippen molar-refractivity contribution in [1.82, 2.24) is 5.32 Å². The molecule has 0 bridgehead atoms. The molecule has 100 valence electrons. The first-order valence-electron chi connectivity index (χ1n) is 5.77. The summed E-state index contributed by atoms with van der Waals surface area (Å²) >= 11 is 0. The van der Waals surface area contributed by atoms with Crippen molar-refractivity contribution in [2.45, 2.75) is 19.8 Å². The molecule has 5 heteroatoms. The fourth-order valence-corrected chi connectivity index (χ4v) is 1.08. The lowest BCUT2D eigenvalue weighted by Gasteiger charge is -2.05. The number of carbonyl (C=O) groups excluding carboxylic acids is 1. The van der Waals surface area contributed by atoms with Gasteiger partial charge in [-0.3, -0.25) is 10.2 Å². The summed E-state index contributed by atoms with van der Waals surface area (Å²) in [6.45, 7) is 6.50. The molecule has 18 heavy (non-hydrogen) atoms. The summed E-state index contributed by atoms with van der Waals surface area (Å²) in [6.07, 6.45) is 8.17. The van der Waals surface area contributed by atoms with Crippen LogP contribution in [0.4, 0.5) is 0 Å². The molecule has 0 rings (SSSR count). The van der Waals surface area contributed by atoms with E-state index in [2.05, 4.69) is 11.9 Å². The summed E-state index contributed by atoms with van der Waals surface area (Å²) in [5, 5.41) is 9.55. The van der Waals surface area contributed by atoms with Gasteiger partial charge in [-0.05, 0) is 18.9 Å². The predicted molar refractivity (Wildman–Crippen MR) is 73.2 cm³/mol. The van der Waals surface area contributed by atoms with Crippen molar-refractivity contribution in [3.05, 3.63) is 36.5 Å². The minimum Gasteiger partial charge on any atom is -0.465 e. The monoisotopic (exact) mass is 251 g/mol. The summed E-state index contributed by atoms with van der Waals surface area (Å²) in [4.78, 5) is 11.4. The van der Waals surface area contributed by atoms with Gasteiger partial charge in [0.15, 0.2) is 5.96 Å². The Bertz CT molecular complexity index is 346. The van der Waals surface area contributed by atoms with E-state index in [0.29, 0.717) is 25.1 Å². The van der Waals surface area contributed by atoms with Gasteiger partial charge in [0.1, 0.15) is 0 Å². The van der Waals surface area contributed by atoms with Crippen LogP contribution in [0, 0.1) is 5.41 Å². The summed E-state index contributed by atoms with van der Waals surface area (Å²) in [6, 6.07) is 0. The Kier molecular flexibility index (Phi) is 8.99. The van der Waals surface area contributed by atoms with Crippen LogP contribution in [0.25, 0.3) is 0 Å². The maximum absolute atomic E-state index is 11.4. The first-order valence-corrected chi connectivity index (χ1v) is 5.77. The second-order valence-corrected chi connectivity index (χ2v) is 3.63. The van der Waals surface area contributed by atoms with Crippen molar-refractivity contribution < 1.29 is 9.53 Å². The van der Waals surface area contributed by atoms with Crippen LogP contribution < -0.4 is 11.1 Å². The Labute approximate surface area is 108 Å². The van der Waals surface area contributed by atoms with Crippen molar-refractivity contribution >= 4 is 11.9 Å². The Morgan fingerprint density at radius 1 is 1.50 bits per heavy atom. The van der Waals surface area contributed by atoms with Crippen molar-refractivity contribution in [2.75, 3.05) is 13.2 Å². The highest BCUT2D eigenvalue weighted by molar-refractivity contribution is 5.74. The van der Waals surface area contributed by atoms with Gasteiger partial charge in [0, 0.05) is 6.54 Å². The molecule has 0 radical (unpaired) electrons. The normalized spacial score (nSPS) is 10.7. The van der Waals surface area contributed by atoms with Crippen LogP contribution in [0.3, 0.4) is 0 Å². The zero-order chi connectivity index (χ0) is 13.8. The number of allylic oxidation sites excluding steroid dienone is 4. The van der Waals surface area contributed by atoms with Crippen molar-refractivity contribution in [1.29, 1.82) is 5.41 Å². The fourth-order valence-electron chi connectivity index (χ4n) is 1.08. The molecule has 0 atom stereocenters. The van der Waals surface area contributed by atoms with Crippen LogP contribution in [0.15, 0.2) is 36.5 Å². The topological polar surface area (TPSA) is 88.2 Å². The quantitative estimate of drug-likeness (QED) is 0.200. The van der Waals surface area contributed by atoms with Gasteiger partial charge < -0.3 is 15.8 Å². The van der Waals surface area contributed by atoms with E-state index < -0.39 is 0 Å². The summed E-state index contributed by atoms with van der Waals surface area (Å²) in [5.74, 6) is -0.378. The zero-order valence-electron chi connectivity index (χ0n) is 10.7. The van der Waals surface area contributed by atoms with Gasteiger partial charge in [0.05, 0.1) is 13.0 Å². The minimum atomic E-state index is -0.298. The Balaban J connectivity index is 3.65. The molecule has 0 aromatic heterocycles. The fraction of sp³-hybridized carbons (Fsp3) is 0.385. The van der Waals surface area contributed by atoms with E-state index in [9.17, 15) is 4.79 Å². The molecule has 0 aliphatic heterocycles. The van der Waals surface area contributed by atoms with E-state index in [1.165, 1.54) is 0 Å². The maximum Gasteiger partial charge on any atom is 0.310 e. The molecule has 0 aromatic carbocycles. The van der Waals surface area contributed by atoms with Crippen LogP contribution in [0.2, 0.25) is 0 Å². The highest BCUT2D eigenvalue weighted by Crippen LogP contribution is 2.02. The third kappa shape index (κ3) is 10.5. The summed E-state index contributed by atoms with van der Waals surface area (Å²) in [5.41, 5.74) is 5.81. The van der Waals surface area contributed by atoms with Gasteiger partial charge in [-0.2, -0.15) is 0 Å². The van der Waals surface area contributed by atoms with Crippen LogP contribution >= 0.6 is 0 Å². The Morgan fingerprint density at radius 2 is 2.22 bits per heavy atom. The van der Waals surface area contributed by atoms with Gasteiger partial charge in [0.2, 0.25) is 0 Å². The lowest BCUT2D eigenvalue weighted by atomic mass is 10.2. The van der Waals surface area contributed by atoms with Crippen LogP contribution in [0.1, 0.15) is 19.8 Å². The second kappa shape index (κ2) is 10.1. The molecule has 5 nitrogen and oxygen atoms in total. The smallest absolute Gasteiger partial charge is 0.310 e. The van der Waals surface area contributed by atoms with Crippen LogP contribution in [-0.4, -0.2) is 25.1 Å². The standard InChI is InChI=1S/C13H21N3O2/c1-3-4-5-7-11(2)10-12(17)18-9-6-8-16-13(14)15/h3-5,7H,2,6,8-10H2,1H3,(H4,14,15,16)/b4-3-,7-5-. The molecular weight excluding hydrogens is 230 g/mol. The van der Waals surface area contributed by atoms with Crippen molar-refractivity contribution in [3.63, 3.8) is 0 Å². The third-order valence-corrected chi connectivity index (χ3v) is 1.91. The molecular formula is C13H21N3O2. The molecule has 0 saturated carbocycles. The molecule has 0 aliphatic carbocycles. The molecule has 0 spiro atoms. The van der Waals surface area contributed by atoms with E-state index >= 15 is 0 Å². The van der Waals surface area contributed by atoms with Crippen LogP contribution in [0.5, 0.6) is 0 Å². The van der Waals surface area contributed by atoms with E-state index in [1.807, 2.05) is 25.2 Å². The predicted octanol–water partition coefficient (Wildman–Crippen LogP) is 1.48. The maximum atomic E-state index is 11.4. The summed E-state index contributed by atoms with van der Waals surface area (Å²) in [7, 11) is 0. The van der Waals surface area contributed by atoms with Gasteiger partial charge in [0.25, 0.3) is 0 Å². The van der Waals surface area contributed by atoms with E-state index in [4.69, 9.17) is 15.9 Å². The van der Waals surface area contributed by atoms with Crippen LogP contribution in [-0.2, 0) is 9.53 Å². The average Bonchev–Trinajstić information content (AvgIpc) is 2.28. The largest absolute Gasteiger partial charge is 0.465 e. The van der Waals surface area contributed by atoms with E-state index in [0.717, 1.165) is 0 Å². The molecule has 0 aromatic rings. The SMILES string of the molecule is C=C(/C=C\C=C/C)CC(=O)OCCCNC(=N)N. The molecule has 0 unspecified atom stereocenters. The van der Waals surface area contributed by atoms with Gasteiger partial charge in [-0.1, -0.05) is 30.9 Å². The number of carbonyl (C=O) groups is 1. The number of esters is 1. The van der Waals surface area contributed by atoms with Gasteiger partial charge >= 0.3 is 5.97 Å². The first-order chi connectivity index (χ1) is 8.56.